The Labute approximate surface area is 143 Å². The van der Waals surface area contributed by atoms with E-state index in [1.165, 1.54) is 16.9 Å². The minimum atomic E-state index is 0.469. The number of rotatable bonds is 4. The highest BCUT2D eigenvalue weighted by Gasteiger charge is 2.19. The quantitative estimate of drug-likeness (QED) is 0.787. The fourth-order valence-electron chi connectivity index (χ4n) is 2.75. The predicted octanol–water partition coefficient (Wildman–Crippen LogP) is 2.96. The molecule has 1 aliphatic rings. The third-order valence-corrected chi connectivity index (χ3v) is 4.60. The van der Waals surface area contributed by atoms with Gasteiger partial charge in [-0.3, -0.25) is 4.98 Å². The van der Waals surface area contributed by atoms with E-state index in [-0.39, 0.29) is 0 Å². The molecule has 0 saturated carbocycles. The van der Waals surface area contributed by atoms with Crippen molar-refractivity contribution < 1.29 is 4.74 Å². The summed E-state index contributed by atoms with van der Waals surface area (Å²) in [6, 6.07) is 6.28. The minimum absolute atomic E-state index is 0.469. The summed E-state index contributed by atoms with van der Waals surface area (Å²) in [5.41, 5.74) is 11.0. The smallest absolute Gasteiger partial charge is 0.232 e. The van der Waals surface area contributed by atoms with Crippen molar-refractivity contribution in [2.45, 2.75) is 13.3 Å². The molecule has 1 aliphatic carbocycles. The normalized spacial score (nSPS) is 12.8. The van der Waals surface area contributed by atoms with E-state index in [1.54, 1.807) is 12.4 Å². The molecule has 0 radical (unpaired) electrons. The fraction of sp³-hybridized carbons (Fsp3) is 0.176. The van der Waals surface area contributed by atoms with Crippen LogP contribution in [0.25, 0.3) is 16.1 Å². The van der Waals surface area contributed by atoms with E-state index in [4.69, 9.17) is 10.5 Å². The highest BCUT2D eigenvalue weighted by atomic mass is 32.1. The van der Waals surface area contributed by atoms with Gasteiger partial charge < -0.3 is 10.5 Å². The van der Waals surface area contributed by atoms with Crippen LogP contribution in [-0.4, -0.2) is 26.8 Å². The summed E-state index contributed by atoms with van der Waals surface area (Å²) in [7, 11) is 0. The number of hydrogen-bond acceptors (Lipinski definition) is 7. The summed E-state index contributed by atoms with van der Waals surface area (Å²) in [4.78, 5) is 8.79. The molecule has 4 rings (SSSR count). The lowest BCUT2D eigenvalue weighted by molar-refractivity contribution is 0.325. The summed E-state index contributed by atoms with van der Waals surface area (Å²) >= 11 is 1.38. The highest BCUT2D eigenvalue weighted by molar-refractivity contribution is 7.18. The van der Waals surface area contributed by atoms with E-state index in [2.05, 4.69) is 44.4 Å². The summed E-state index contributed by atoms with van der Waals surface area (Å²) in [5.74, 6) is 0.539. The maximum atomic E-state index is 5.69. The molecule has 0 atom stereocenters. The fourth-order valence-corrected chi connectivity index (χ4v) is 3.36. The number of allylic oxidation sites excluding steroid dienone is 1. The zero-order valence-corrected chi connectivity index (χ0v) is 13.9. The molecule has 0 saturated heterocycles. The van der Waals surface area contributed by atoms with Crippen molar-refractivity contribution in [3.05, 3.63) is 53.5 Å². The Morgan fingerprint density at radius 2 is 2.17 bits per heavy atom. The van der Waals surface area contributed by atoms with Crippen molar-refractivity contribution >= 4 is 22.0 Å². The third kappa shape index (κ3) is 2.63. The number of nitrogen functional groups attached to an aromatic ring is 1. The first kappa shape index (κ1) is 14.8. The Balaban J connectivity index is 1.74. The summed E-state index contributed by atoms with van der Waals surface area (Å²) in [6.07, 6.45) is 6.44. The summed E-state index contributed by atoms with van der Waals surface area (Å²) < 4.78 is 5.46. The van der Waals surface area contributed by atoms with Crippen molar-refractivity contribution in [1.82, 2.24) is 20.2 Å². The minimum Gasteiger partial charge on any atom is -0.477 e. The van der Waals surface area contributed by atoms with Crippen molar-refractivity contribution in [3.63, 3.8) is 0 Å². The van der Waals surface area contributed by atoms with Crippen LogP contribution in [0, 0.1) is 0 Å². The molecule has 2 aromatic heterocycles. The number of benzene rings is 1. The van der Waals surface area contributed by atoms with Gasteiger partial charge in [0.25, 0.3) is 0 Å². The topological polar surface area (TPSA) is 86.8 Å². The van der Waals surface area contributed by atoms with Crippen molar-refractivity contribution in [3.8, 4) is 16.5 Å². The second-order valence-electron chi connectivity index (χ2n) is 5.31. The monoisotopic (exact) mass is 337 g/mol. The van der Waals surface area contributed by atoms with Gasteiger partial charge in [-0.25, -0.2) is 4.98 Å². The van der Waals surface area contributed by atoms with Crippen molar-refractivity contribution in [1.29, 1.82) is 0 Å². The van der Waals surface area contributed by atoms with Crippen LogP contribution in [0.5, 0.6) is 5.88 Å². The lowest BCUT2D eigenvalue weighted by Gasteiger charge is -2.08. The van der Waals surface area contributed by atoms with E-state index >= 15 is 0 Å². The maximum absolute atomic E-state index is 5.69. The van der Waals surface area contributed by atoms with Gasteiger partial charge in [0.1, 0.15) is 5.01 Å². The van der Waals surface area contributed by atoms with Gasteiger partial charge in [-0.1, -0.05) is 29.5 Å². The van der Waals surface area contributed by atoms with Crippen LogP contribution in [0.4, 0.5) is 5.13 Å². The molecule has 0 bridgehead atoms. The molecule has 0 amide bonds. The second-order valence-corrected chi connectivity index (χ2v) is 6.32. The number of nitrogens with zero attached hydrogens (tertiary/aromatic N) is 4. The van der Waals surface area contributed by atoms with E-state index in [1.807, 2.05) is 6.92 Å². The second kappa shape index (κ2) is 6.01. The van der Waals surface area contributed by atoms with Gasteiger partial charge in [0.2, 0.25) is 11.0 Å². The number of aromatic nitrogens is 4. The number of fused-ring (bicyclic) bond motifs is 1. The zero-order chi connectivity index (χ0) is 16.5. The Morgan fingerprint density at radius 3 is 2.96 bits per heavy atom. The first-order valence-electron chi connectivity index (χ1n) is 7.62. The van der Waals surface area contributed by atoms with Crippen LogP contribution in [-0.2, 0) is 6.42 Å². The van der Waals surface area contributed by atoms with Gasteiger partial charge >= 0.3 is 0 Å². The molecule has 1 aromatic carbocycles. The van der Waals surface area contributed by atoms with Gasteiger partial charge in [0, 0.05) is 11.1 Å². The molecular weight excluding hydrogens is 322 g/mol. The zero-order valence-electron chi connectivity index (χ0n) is 13.1. The van der Waals surface area contributed by atoms with Crippen molar-refractivity contribution in [2.24, 2.45) is 0 Å². The molecule has 24 heavy (non-hydrogen) atoms. The molecule has 2 heterocycles. The first-order chi connectivity index (χ1) is 11.7. The van der Waals surface area contributed by atoms with Crippen LogP contribution < -0.4 is 10.5 Å². The third-order valence-electron chi connectivity index (χ3n) is 3.79. The van der Waals surface area contributed by atoms with E-state index in [9.17, 15) is 0 Å². The first-order valence-corrected chi connectivity index (χ1v) is 8.44. The number of nitrogens with two attached hydrogens (primary N) is 1. The van der Waals surface area contributed by atoms with E-state index in [0.717, 1.165) is 33.8 Å². The molecule has 2 N–H and O–H groups in total. The van der Waals surface area contributed by atoms with Crippen LogP contribution in [0.3, 0.4) is 0 Å². The molecule has 6 nitrogen and oxygen atoms in total. The number of ether oxygens (including phenoxy) is 1. The lowest BCUT2D eigenvalue weighted by atomic mass is 10.0. The molecule has 7 heteroatoms. The van der Waals surface area contributed by atoms with E-state index in [0.29, 0.717) is 17.6 Å². The largest absolute Gasteiger partial charge is 0.477 e. The van der Waals surface area contributed by atoms with Gasteiger partial charge in [0.15, 0.2) is 0 Å². The van der Waals surface area contributed by atoms with E-state index < -0.39 is 0 Å². The number of anilines is 1. The average molecular weight is 337 g/mol. The van der Waals surface area contributed by atoms with Crippen LogP contribution in [0.2, 0.25) is 0 Å². The van der Waals surface area contributed by atoms with Crippen LogP contribution in [0.15, 0.2) is 36.7 Å². The molecule has 120 valence electrons. The lowest BCUT2D eigenvalue weighted by Crippen LogP contribution is -1.99. The average Bonchev–Trinajstić information content (AvgIpc) is 3.21. The van der Waals surface area contributed by atoms with Gasteiger partial charge in [-0.2, -0.15) is 0 Å². The molecule has 0 aliphatic heterocycles. The van der Waals surface area contributed by atoms with Gasteiger partial charge in [-0.15, -0.1) is 10.2 Å². The maximum Gasteiger partial charge on any atom is 0.232 e. The molecular formula is C17H15N5OS. The Kier molecular flexibility index (Phi) is 3.70. The van der Waals surface area contributed by atoms with Gasteiger partial charge in [-0.05, 0) is 30.5 Å². The molecule has 3 aromatic rings. The van der Waals surface area contributed by atoms with Crippen LogP contribution >= 0.6 is 11.3 Å². The SMILES string of the molecule is CCOc1cncc(C2=CCc3ccc(-c4nnc(N)s4)cc32)n1. The standard InChI is InChI=1S/C17H15N5OS/c1-2-23-15-9-19-8-14(20-15)12-6-5-10-3-4-11(7-13(10)12)16-21-22-17(18)24-16/h3-4,6-9H,2,5H2,1H3,(H2,18,22). The molecule has 0 spiro atoms. The Hall–Kier alpha value is -2.80. The number of hydrogen-bond donors (Lipinski definition) is 1. The predicted molar refractivity (Wildman–Crippen MR) is 93.7 cm³/mol. The van der Waals surface area contributed by atoms with Crippen LogP contribution in [0.1, 0.15) is 23.7 Å². The Morgan fingerprint density at radius 1 is 1.25 bits per heavy atom. The summed E-state index contributed by atoms with van der Waals surface area (Å²) in [5, 5.41) is 9.30. The highest BCUT2D eigenvalue weighted by Crippen LogP contribution is 2.36. The van der Waals surface area contributed by atoms with Gasteiger partial charge in [0.05, 0.1) is 24.7 Å². The molecule has 0 unspecified atom stereocenters. The Bertz CT molecular complexity index is 934. The summed E-state index contributed by atoms with van der Waals surface area (Å²) in [6.45, 7) is 2.49. The molecule has 0 fully saturated rings. The van der Waals surface area contributed by atoms with Crippen molar-refractivity contribution in [2.75, 3.05) is 12.3 Å².